The standard InChI is InChI=1S/C24H42O21/c25-1-5-9(28)12(31)15(34)22(41-5)39-4-8-19(44-23-16(35)13(32)10(29)6(2-26)42-23)20(18(37)21(38)40-8)45-24-17(36)14(33)11(30)7(3-27)43-24/h5-38H,1-4H2/t5-,6-,7-,8-,9-,10-,11-,12+,13+,14+,15+,16+,17+,18+,19-,20-,21-,22+,23-,24-/m1/s1. The van der Waals surface area contributed by atoms with Gasteiger partial charge in [-0.15, -0.1) is 0 Å². The minimum absolute atomic E-state index is 0.761. The molecule has 4 fully saturated rings. The molecule has 0 saturated carbocycles. The van der Waals surface area contributed by atoms with Crippen LogP contribution in [0.1, 0.15) is 0 Å². The normalized spacial score (nSPS) is 52.9. The molecule has 21 nitrogen and oxygen atoms in total. The first-order valence-electron chi connectivity index (χ1n) is 14.1. The van der Waals surface area contributed by atoms with E-state index in [0.717, 1.165) is 0 Å². The molecule has 0 aliphatic carbocycles. The van der Waals surface area contributed by atoms with Crippen LogP contribution in [0.3, 0.4) is 0 Å². The van der Waals surface area contributed by atoms with Gasteiger partial charge in [-0.25, -0.2) is 0 Å². The molecule has 0 unspecified atom stereocenters. The van der Waals surface area contributed by atoms with Gasteiger partial charge >= 0.3 is 0 Å². The van der Waals surface area contributed by atoms with E-state index >= 15 is 0 Å². The van der Waals surface area contributed by atoms with Crippen molar-refractivity contribution in [1.82, 2.24) is 0 Å². The maximum Gasteiger partial charge on any atom is 0.187 e. The summed E-state index contributed by atoms with van der Waals surface area (Å²) in [4.78, 5) is 0. The predicted molar refractivity (Wildman–Crippen MR) is 134 cm³/mol. The first-order chi connectivity index (χ1) is 21.2. The molecule has 4 heterocycles. The topological polar surface area (TPSA) is 348 Å². The molecule has 4 saturated heterocycles. The summed E-state index contributed by atoms with van der Waals surface area (Å²) < 4.78 is 38.3. The summed E-state index contributed by atoms with van der Waals surface area (Å²) in [5.74, 6) is 0. The van der Waals surface area contributed by atoms with Crippen LogP contribution in [0.15, 0.2) is 0 Å². The van der Waals surface area contributed by atoms with E-state index < -0.39 is 149 Å². The molecule has 45 heavy (non-hydrogen) atoms. The largest absolute Gasteiger partial charge is 0.394 e. The lowest BCUT2D eigenvalue weighted by molar-refractivity contribution is -0.388. The Morgan fingerprint density at radius 1 is 0.378 bits per heavy atom. The third-order valence-corrected chi connectivity index (χ3v) is 8.19. The Hall–Kier alpha value is -0.840. The van der Waals surface area contributed by atoms with Crippen LogP contribution in [0.25, 0.3) is 0 Å². The average molecular weight is 667 g/mol. The quantitative estimate of drug-likeness (QED) is 0.103. The van der Waals surface area contributed by atoms with Crippen LogP contribution < -0.4 is 0 Å². The van der Waals surface area contributed by atoms with Crippen molar-refractivity contribution in [1.29, 1.82) is 0 Å². The molecule has 0 amide bonds. The number of hydrogen-bond donors (Lipinski definition) is 14. The first-order valence-corrected chi connectivity index (χ1v) is 14.1. The molecular formula is C24H42O21. The van der Waals surface area contributed by atoms with Crippen LogP contribution in [0.4, 0.5) is 0 Å². The Morgan fingerprint density at radius 2 is 0.756 bits per heavy atom. The van der Waals surface area contributed by atoms with E-state index in [4.69, 9.17) is 33.2 Å². The third kappa shape index (κ3) is 7.59. The number of hydrogen-bond acceptors (Lipinski definition) is 21. The molecule has 0 aromatic rings. The average Bonchev–Trinajstić information content (AvgIpc) is 3.03. The number of rotatable bonds is 10. The van der Waals surface area contributed by atoms with Crippen molar-refractivity contribution in [2.24, 2.45) is 0 Å². The smallest absolute Gasteiger partial charge is 0.187 e. The second kappa shape index (κ2) is 15.6. The molecule has 0 aromatic carbocycles. The second-order valence-electron chi connectivity index (χ2n) is 11.2. The molecule has 4 aliphatic rings. The Labute approximate surface area is 254 Å². The predicted octanol–water partition coefficient (Wildman–Crippen LogP) is -9.75. The van der Waals surface area contributed by atoms with Crippen molar-refractivity contribution in [2.75, 3.05) is 26.4 Å². The number of aliphatic hydroxyl groups excluding tert-OH is 14. The van der Waals surface area contributed by atoms with Crippen LogP contribution in [-0.2, 0) is 33.2 Å². The van der Waals surface area contributed by atoms with E-state index in [2.05, 4.69) is 0 Å². The molecule has 14 N–H and O–H groups in total. The first kappa shape index (κ1) is 37.0. The highest BCUT2D eigenvalue weighted by Crippen LogP contribution is 2.34. The summed E-state index contributed by atoms with van der Waals surface area (Å²) in [6.45, 7) is -3.23. The minimum atomic E-state index is -2.10. The van der Waals surface area contributed by atoms with Crippen LogP contribution in [0.5, 0.6) is 0 Å². The highest BCUT2D eigenvalue weighted by molar-refractivity contribution is 4.97. The van der Waals surface area contributed by atoms with E-state index in [1.807, 2.05) is 0 Å². The van der Waals surface area contributed by atoms with E-state index in [0.29, 0.717) is 0 Å². The molecule has 0 aromatic heterocycles. The second-order valence-corrected chi connectivity index (χ2v) is 11.2. The van der Waals surface area contributed by atoms with Crippen LogP contribution in [-0.4, -0.2) is 221 Å². The fourth-order valence-electron chi connectivity index (χ4n) is 5.43. The molecule has 21 heteroatoms. The molecule has 264 valence electrons. The molecular weight excluding hydrogens is 624 g/mol. The van der Waals surface area contributed by atoms with Crippen LogP contribution >= 0.6 is 0 Å². The molecule has 4 rings (SSSR count). The Kier molecular flexibility index (Phi) is 12.8. The Bertz CT molecular complexity index is 912. The third-order valence-electron chi connectivity index (χ3n) is 8.19. The van der Waals surface area contributed by atoms with Crippen molar-refractivity contribution < 1.29 is 105 Å². The molecule has 0 radical (unpaired) electrons. The van der Waals surface area contributed by atoms with Crippen molar-refractivity contribution in [2.45, 2.75) is 123 Å². The van der Waals surface area contributed by atoms with Crippen molar-refractivity contribution in [3.8, 4) is 0 Å². The van der Waals surface area contributed by atoms with Gasteiger partial charge < -0.3 is 105 Å². The van der Waals surface area contributed by atoms with Gasteiger partial charge in [0.05, 0.1) is 26.4 Å². The van der Waals surface area contributed by atoms with Gasteiger partial charge in [-0.2, -0.15) is 0 Å². The lowest BCUT2D eigenvalue weighted by atomic mass is 9.95. The van der Waals surface area contributed by atoms with Gasteiger partial charge in [0.15, 0.2) is 25.2 Å². The van der Waals surface area contributed by atoms with Crippen LogP contribution in [0.2, 0.25) is 0 Å². The fourth-order valence-corrected chi connectivity index (χ4v) is 5.43. The summed E-state index contributed by atoms with van der Waals surface area (Å²) in [6.07, 6.45) is -36.0. The highest BCUT2D eigenvalue weighted by atomic mass is 16.8. The number of aliphatic hydroxyl groups is 14. The maximum absolute atomic E-state index is 10.9. The lowest BCUT2D eigenvalue weighted by Gasteiger charge is -2.48. The van der Waals surface area contributed by atoms with E-state index in [9.17, 15) is 71.5 Å². The Balaban J connectivity index is 1.61. The van der Waals surface area contributed by atoms with Gasteiger partial charge in [0, 0.05) is 0 Å². The SMILES string of the molecule is OC[C@H]1O[C@H](OC[C@H]2O[C@@H](O)[C@@H](O)[C@@H](O[C@H]3O[C@H](CO)[C@@H](O)[C@H](O)[C@@H]3O)[C@@H]2O[C@H]2O[C@H](CO)[C@@H](O)[C@H](O)[C@@H]2O)[C@@H](O)[C@@H](O)[C@@H]1O. The maximum atomic E-state index is 10.9. The van der Waals surface area contributed by atoms with Gasteiger partial charge in [0.25, 0.3) is 0 Å². The Morgan fingerprint density at radius 3 is 1.18 bits per heavy atom. The molecule has 0 spiro atoms. The summed E-state index contributed by atoms with van der Waals surface area (Å²) in [5.41, 5.74) is 0. The van der Waals surface area contributed by atoms with Gasteiger partial charge in [0.2, 0.25) is 0 Å². The molecule has 0 bridgehead atoms. The zero-order chi connectivity index (χ0) is 33.3. The van der Waals surface area contributed by atoms with E-state index in [-0.39, 0.29) is 0 Å². The van der Waals surface area contributed by atoms with Gasteiger partial charge in [-0.3, -0.25) is 0 Å². The summed E-state index contributed by atoms with van der Waals surface area (Å²) in [5, 5.41) is 142. The fraction of sp³-hybridized carbons (Fsp3) is 1.00. The van der Waals surface area contributed by atoms with Crippen LogP contribution in [0, 0.1) is 0 Å². The van der Waals surface area contributed by atoms with Gasteiger partial charge in [-0.05, 0) is 0 Å². The summed E-state index contributed by atoms with van der Waals surface area (Å²) >= 11 is 0. The zero-order valence-electron chi connectivity index (χ0n) is 23.5. The summed E-state index contributed by atoms with van der Waals surface area (Å²) in [7, 11) is 0. The lowest BCUT2D eigenvalue weighted by Crippen LogP contribution is -2.67. The zero-order valence-corrected chi connectivity index (χ0v) is 23.5. The van der Waals surface area contributed by atoms with Crippen molar-refractivity contribution in [3.63, 3.8) is 0 Å². The monoisotopic (exact) mass is 666 g/mol. The minimum Gasteiger partial charge on any atom is -0.394 e. The highest BCUT2D eigenvalue weighted by Gasteiger charge is 2.54. The molecule has 4 aliphatic heterocycles. The molecule has 20 atom stereocenters. The van der Waals surface area contributed by atoms with Crippen molar-refractivity contribution in [3.05, 3.63) is 0 Å². The van der Waals surface area contributed by atoms with Gasteiger partial charge in [-0.1, -0.05) is 0 Å². The van der Waals surface area contributed by atoms with E-state index in [1.54, 1.807) is 0 Å². The summed E-state index contributed by atoms with van der Waals surface area (Å²) in [6, 6.07) is 0. The van der Waals surface area contributed by atoms with E-state index in [1.165, 1.54) is 0 Å². The number of ether oxygens (including phenoxy) is 7. The van der Waals surface area contributed by atoms with Gasteiger partial charge in [0.1, 0.15) is 97.7 Å². The van der Waals surface area contributed by atoms with Crippen molar-refractivity contribution >= 4 is 0 Å².